The van der Waals surface area contributed by atoms with Crippen LogP contribution in [0.15, 0.2) is 0 Å². The van der Waals surface area contributed by atoms with Crippen LogP contribution in [0.4, 0.5) is 61.5 Å². The van der Waals surface area contributed by atoms with Gasteiger partial charge in [-0.1, -0.05) is 12.8 Å². The lowest BCUT2D eigenvalue weighted by atomic mass is 9.89. The molecule has 0 unspecified atom stereocenters. The fraction of sp³-hybridized carbons (Fsp3) is 0.857. The Morgan fingerprint density at radius 2 is 0.781 bits per heavy atom. The number of amides is 2. The Kier molecular flexibility index (Phi) is 7.34. The third kappa shape index (κ3) is 4.82. The first-order chi connectivity index (χ1) is 14.0. The molecule has 1 fully saturated rings. The number of alkyl halides is 14. The quantitative estimate of drug-likeness (QED) is 0.531. The van der Waals surface area contributed by atoms with Crippen LogP contribution in [0.25, 0.3) is 0 Å². The van der Waals surface area contributed by atoms with E-state index in [0.717, 1.165) is 10.6 Å². The van der Waals surface area contributed by atoms with Gasteiger partial charge in [0.1, 0.15) is 0 Å². The van der Waals surface area contributed by atoms with Gasteiger partial charge in [-0.25, -0.2) is 0 Å². The predicted molar refractivity (Wildman–Crippen MR) is 74.2 cm³/mol. The lowest BCUT2D eigenvalue weighted by Gasteiger charge is -2.36. The molecule has 2 atom stereocenters. The van der Waals surface area contributed by atoms with Gasteiger partial charge in [0.05, 0.1) is 0 Å². The van der Waals surface area contributed by atoms with Crippen LogP contribution in [-0.4, -0.2) is 59.9 Å². The average molecular weight is 506 g/mol. The van der Waals surface area contributed by atoms with Gasteiger partial charge in [0, 0.05) is 12.1 Å². The Morgan fingerprint density at radius 3 is 1.00 bits per heavy atom. The molecule has 188 valence electrons. The second-order valence-corrected chi connectivity index (χ2v) is 6.74. The van der Waals surface area contributed by atoms with Crippen LogP contribution in [0.3, 0.4) is 0 Å². The van der Waals surface area contributed by atoms with Crippen molar-refractivity contribution in [2.75, 3.05) is 0 Å². The van der Waals surface area contributed by atoms with E-state index in [1.807, 2.05) is 0 Å². The monoisotopic (exact) mass is 506 g/mol. The van der Waals surface area contributed by atoms with E-state index < -0.39 is 72.8 Å². The largest absolute Gasteiger partial charge is 0.460 e. The zero-order chi connectivity index (χ0) is 25.6. The molecule has 1 aliphatic carbocycles. The van der Waals surface area contributed by atoms with Gasteiger partial charge in [-0.2, -0.15) is 61.5 Å². The Hall–Kier alpha value is -2.04. The maximum atomic E-state index is 13.4. The summed E-state index contributed by atoms with van der Waals surface area (Å²) in [5, 5.41) is 1.95. The van der Waals surface area contributed by atoms with Gasteiger partial charge in [-0.15, -0.1) is 0 Å². The summed E-state index contributed by atoms with van der Waals surface area (Å²) in [4.78, 5) is 22.7. The van der Waals surface area contributed by atoms with E-state index in [1.165, 1.54) is 0 Å². The molecule has 0 aromatic rings. The summed E-state index contributed by atoms with van der Waals surface area (Å²) in [5.74, 6) is -33.1. The first-order valence-corrected chi connectivity index (χ1v) is 8.28. The molecule has 1 saturated carbocycles. The molecule has 0 aromatic carbocycles. The molecule has 1 rings (SSSR count). The smallest absolute Gasteiger partial charge is 0.346 e. The third-order valence-corrected chi connectivity index (χ3v) is 4.47. The molecular formula is C14H12F14N2O2. The van der Waals surface area contributed by atoms with Crippen molar-refractivity contribution in [1.29, 1.82) is 0 Å². The van der Waals surface area contributed by atoms with Gasteiger partial charge in [-0.05, 0) is 12.8 Å². The highest BCUT2D eigenvalue weighted by molar-refractivity contribution is 5.86. The van der Waals surface area contributed by atoms with Crippen LogP contribution >= 0.6 is 0 Å². The van der Waals surface area contributed by atoms with Crippen molar-refractivity contribution in [1.82, 2.24) is 10.6 Å². The van der Waals surface area contributed by atoms with Crippen molar-refractivity contribution < 1.29 is 71.1 Å². The molecule has 18 heteroatoms. The highest BCUT2D eigenvalue weighted by Gasteiger charge is 2.77. The number of hydrogen-bond acceptors (Lipinski definition) is 2. The molecule has 2 amide bonds. The molecule has 0 saturated heterocycles. The van der Waals surface area contributed by atoms with Crippen LogP contribution in [0, 0.1) is 0 Å². The lowest BCUT2D eigenvalue weighted by molar-refractivity contribution is -0.344. The number of halogens is 14. The number of hydrogen-bond donors (Lipinski definition) is 2. The molecule has 1 aliphatic rings. The van der Waals surface area contributed by atoms with Crippen LogP contribution in [0.2, 0.25) is 0 Å². The zero-order valence-corrected chi connectivity index (χ0v) is 15.1. The summed E-state index contributed by atoms with van der Waals surface area (Å²) in [5.41, 5.74) is 0. The van der Waals surface area contributed by atoms with Crippen molar-refractivity contribution in [3.8, 4) is 0 Å². The summed E-state index contributed by atoms with van der Waals surface area (Å²) in [6.45, 7) is 0. The standard InChI is InChI=1S/C14H12F14N2O2/c15-9(16,11(19,20)13(23,24)25)7(31)29-5-3-1-2-4-6(5)30-8(32)10(17,18)12(21,22)14(26,27)28/h5-6H,1-4H2,(H,29,31)(H,30,32)/t5-,6-/m1/s1. The molecular weight excluding hydrogens is 494 g/mol. The maximum Gasteiger partial charge on any atom is 0.460 e. The van der Waals surface area contributed by atoms with E-state index >= 15 is 0 Å². The third-order valence-electron chi connectivity index (χ3n) is 4.47. The van der Waals surface area contributed by atoms with E-state index in [0.29, 0.717) is 0 Å². The summed E-state index contributed by atoms with van der Waals surface area (Å²) in [6.07, 6.45) is -15.2. The summed E-state index contributed by atoms with van der Waals surface area (Å²) >= 11 is 0. The molecule has 2 N–H and O–H groups in total. The lowest BCUT2D eigenvalue weighted by Crippen LogP contribution is -2.65. The minimum atomic E-state index is -6.89. The molecule has 32 heavy (non-hydrogen) atoms. The number of nitrogens with one attached hydrogen (secondary N) is 2. The van der Waals surface area contributed by atoms with Crippen LogP contribution in [0.5, 0.6) is 0 Å². The van der Waals surface area contributed by atoms with E-state index in [4.69, 9.17) is 0 Å². The van der Waals surface area contributed by atoms with Crippen molar-refractivity contribution in [3.63, 3.8) is 0 Å². The summed E-state index contributed by atoms with van der Waals surface area (Å²) in [6, 6.07) is -4.13. The van der Waals surface area contributed by atoms with Gasteiger partial charge in [0.15, 0.2) is 0 Å². The van der Waals surface area contributed by atoms with Crippen molar-refractivity contribution >= 4 is 11.8 Å². The Morgan fingerprint density at radius 1 is 0.531 bits per heavy atom. The fourth-order valence-corrected chi connectivity index (χ4v) is 2.64. The van der Waals surface area contributed by atoms with E-state index in [9.17, 15) is 71.1 Å². The van der Waals surface area contributed by atoms with Crippen LogP contribution in [0.1, 0.15) is 25.7 Å². The highest BCUT2D eigenvalue weighted by atomic mass is 19.4. The van der Waals surface area contributed by atoms with E-state index in [1.54, 1.807) is 0 Å². The molecule has 4 nitrogen and oxygen atoms in total. The maximum absolute atomic E-state index is 13.4. The average Bonchev–Trinajstić information content (AvgIpc) is 2.60. The molecule has 0 aromatic heterocycles. The molecule has 0 bridgehead atoms. The van der Waals surface area contributed by atoms with Crippen molar-refractivity contribution in [2.45, 2.75) is 73.8 Å². The minimum Gasteiger partial charge on any atom is -0.346 e. The zero-order valence-electron chi connectivity index (χ0n) is 15.1. The highest BCUT2D eigenvalue weighted by Crippen LogP contribution is 2.48. The number of rotatable bonds is 6. The topological polar surface area (TPSA) is 58.2 Å². The van der Waals surface area contributed by atoms with Crippen molar-refractivity contribution in [3.05, 3.63) is 0 Å². The summed E-state index contributed by atoms with van der Waals surface area (Å²) in [7, 11) is 0. The molecule has 0 radical (unpaired) electrons. The van der Waals surface area contributed by atoms with E-state index in [2.05, 4.69) is 0 Å². The number of carbonyl (C=O) groups is 2. The van der Waals surface area contributed by atoms with Crippen LogP contribution in [-0.2, 0) is 9.59 Å². The van der Waals surface area contributed by atoms with Gasteiger partial charge < -0.3 is 10.6 Å². The van der Waals surface area contributed by atoms with Crippen LogP contribution < -0.4 is 10.6 Å². The Bertz CT molecular complexity index is 655. The summed E-state index contributed by atoms with van der Waals surface area (Å²) < 4.78 is 178. The van der Waals surface area contributed by atoms with E-state index in [-0.39, 0.29) is 12.8 Å². The number of carbonyl (C=O) groups excluding carboxylic acids is 2. The molecule has 0 aliphatic heterocycles. The Labute approximate surface area is 168 Å². The first-order valence-electron chi connectivity index (χ1n) is 8.28. The van der Waals surface area contributed by atoms with Gasteiger partial charge >= 0.3 is 36.0 Å². The second-order valence-electron chi connectivity index (χ2n) is 6.74. The fourth-order valence-electron chi connectivity index (χ4n) is 2.64. The van der Waals surface area contributed by atoms with Gasteiger partial charge in [0.25, 0.3) is 11.8 Å². The van der Waals surface area contributed by atoms with Gasteiger partial charge in [0.2, 0.25) is 0 Å². The minimum absolute atomic E-state index is 0.0896. The first kappa shape index (κ1) is 28.0. The Balaban J connectivity index is 3.07. The molecule has 0 spiro atoms. The van der Waals surface area contributed by atoms with Crippen molar-refractivity contribution in [2.24, 2.45) is 0 Å². The predicted octanol–water partition coefficient (Wildman–Crippen LogP) is 4.20. The normalized spacial score (nSPS) is 21.8. The molecule has 0 heterocycles. The SMILES string of the molecule is O=C(N[C@@H]1CCCC[C@H]1NC(=O)C(F)(F)C(F)(F)C(F)(F)F)C(F)(F)C(F)(F)C(F)(F)F. The second kappa shape index (κ2) is 8.39. The van der Waals surface area contributed by atoms with Gasteiger partial charge in [-0.3, -0.25) is 9.59 Å².